The van der Waals surface area contributed by atoms with Crippen LogP contribution < -0.4 is 5.73 Å². The molecule has 15 heavy (non-hydrogen) atoms. The zero-order valence-corrected chi connectivity index (χ0v) is 9.15. The molecule has 0 bridgehead atoms. The Morgan fingerprint density at radius 3 is 2.00 bits per heavy atom. The predicted octanol–water partition coefficient (Wildman–Crippen LogP) is 0.778. The highest BCUT2D eigenvalue weighted by Gasteiger charge is 2.42. The number of benzene rings is 1. The van der Waals surface area contributed by atoms with Crippen LogP contribution in [-0.4, -0.2) is 22.4 Å². The lowest BCUT2D eigenvalue weighted by molar-refractivity contribution is 0.0438. The van der Waals surface area contributed by atoms with Crippen LogP contribution in [0.1, 0.15) is 18.4 Å². The summed E-state index contributed by atoms with van der Waals surface area (Å²) in [6.45, 7) is 0. The fraction of sp³-hybridized carbons (Fsp3) is 0.455. The van der Waals surface area contributed by atoms with Crippen molar-refractivity contribution in [2.45, 2.75) is 30.6 Å². The summed E-state index contributed by atoms with van der Waals surface area (Å²) in [6.07, 6.45) is -0.531. The highest BCUT2D eigenvalue weighted by Crippen LogP contribution is 2.36. The maximum atomic E-state index is 9.46. The number of aliphatic hydroxyl groups is 2. The SMILES string of the molecule is Cl.NC1(c2ccccc2)C[C@@H](O)[C@@H](O)C1. The van der Waals surface area contributed by atoms with Crippen LogP contribution in [0.15, 0.2) is 30.3 Å². The molecule has 4 N–H and O–H groups in total. The van der Waals surface area contributed by atoms with Gasteiger partial charge in [0.15, 0.2) is 0 Å². The molecule has 0 aliphatic heterocycles. The van der Waals surface area contributed by atoms with Crippen LogP contribution in [0.2, 0.25) is 0 Å². The zero-order valence-electron chi connectivity index (χ0n) is 8.34. The summed E-state index contributed by atoms with van der Waals surface area (Å²) < 4.78 is 0. The molecule has 1 saturated carbocycles. The van der Waals surface area contributed by atoms with Gasteiger partial charge < -0.3 is 15.9 Å². The zero-order chi connectivity index (χ0) is 10.2. The minimum Gasteiger partial charge on any atom is -0.390 e. The van der Waals surface area contributed by atoms with E-state index in [1.54, 1.807) is 0 Å². The van der Waals surface area contributed by atoms with Crippen molar-refractivity contribution in [3.63, 3.8) is 0 Å². The van der Waals surface area contributed by atoms with E-state index in [9.17, 15) is 10.2 Å². The maximum absolute atomic E-state index is 9.46. The van der Waals surface area contributed by atoms with Gasteiger partial charge >= 0.3 is 0 Å². The van der Waals surface area contributed by atoms with Gasteiger partial charge in [-0.05, 0) is 18.4 Å². The molecule has 4 heteroatoms. The average Bonchev–Trinajstić information content (AvgIpc) is 2.44. The minimum absolute atomic E-state index is 0. The number of nitrogens with two attached hydrogens (primary N) is 1. The lowest BCUT2D eigenvalue weighted by Crippen LogP contribution is -2.34. The van der Waals surface area contributed by atoms with Crippen molar-refractivity contribution in [1.82, 2.24) is 0 Å². The fourth-order valence-corrected chi connectivity index (χ4v) is 2.11. The molecule has 1 unspecified atom stereocenters. The molecule has 1 fully saturated rings. The molecule has 1 aromatic carbocycles. The molecule has 3 atom stereocenters. The quantitative estimate of drug-likeness (QED) is 0.667. The Morgan fingerprint density at radius 1 is 1.07 bits per heavy atom. The summed E-state index contributed by atoms with van der Waals surface area (Å²) in [5.74, 6) is 0. The summed E-state index contributed by atoms with van der Waals surface area (Å²) in [4.78, 5) is 0. The number of halogens is 1. The third-order valence-corrected chi connectivity index (χ3v) is 2.94. The molecular formula is C11H16ClNO2. The summed E-state index contributed by atoms with van der Waals surface area (Å²) in [7, 11) is 0. The Kier molecular flexibility index (Phi) is 3.73. The summed E-state index contributed by atoms with van der Waals surface area (Å²) in [6, 6.07) is 9.63. The van der Waals surface area contributed by atoms with E-state index in [0.29, 0.717) is 12.8 Å². The Balaban J connectivity index is 0.00000112. The first kappa shape index (κ1) is 12.5. The Hall–Kier alpha value is -0.610. The molecule has 84 valence electrons. The number of rotatable bonds is 1. The van der Waals surface area contributed by atoms with E-state index in [1.165, 1.54) is 0 Å². The summed E-state index contributed by atoms with van der Waals surface area (Å²) >= 11 is 0. The van der Waals surface area contributed by atoms with Crippen LogP contribution in [0.5, 0.6) is 0 Å². The standard InChI is InChI=1S/C11H15NO2.ClH/c12-11(6-9(13)10(14)7-11)8-4-2-1-3-5-8;/h1-5,9-10,13-14H,6-7,12H2;1H/t9-,10+,11?;. The number of hydrogen-bond donors (Lipinski definition) is 3. The van der Waals surface area contributed by atoms with Gasteiger partial charge in [-0.1, -0.05) is 30.3 Å². The van der Waals surface area contributed by atoms with Crippen LogP contribution in [0.4, 0.5) is 0 Å². The van der Waals surface area contributed by atoms with E-state index in [4.69, 9.17) is 5.73 Å². The van der Waals surface area contributed by atoms with Crippen LogP contribution in [-0.2, 0) is 5.54 Å². The lowest BCUT2D eigenvalue weighted by Gasteiger charge is -2.23. The minimum atomic E-state index is -0.694. The highest BCUT2D eigenvalue weighted by molar-refractivity contribution is 5.85. The van der Waals surface area contributed by atoms with Gasteiger partial charge in [-0.25, -0.2) is 0 Å². The van der Waals surface area contributed by atoms with E-state index >= 15 is 0 Å². The third-order valence-electron chi connectivity index (χ3n) is 2.94. The van der Waals surface area contributed by atoms with Crippen molar-refractivity contribution >= 4 is 12.4 Å². The smallest absolute Gasteiger partial charge is 0.0820 e. The molecule has 0 radical (unpaired) electrons. The number of aliphatic hydroxyl groups excluding tert-OH is 2. The van der Waals surface area contributed by atoms with E-state index in [-0.39, 0.29) is 12.4 Å². The molecule has 3 nitrogen and oxygen atoms in total. The van der Waals surface area contributed by atoms with Crippen LogP contribution in [0.25, 0.3) is 0 Å². The van der Waals surface area contributed by atoms with Crippen molar-refractivity contribution < 1.29 is 10.2 Å². The van der Waals surface area contributed by atoms with Crippen molar-refractivity contribution in [3.8, 4) is 0 Å². The second kappa shape index (κ2) is 4.49. The second-order valence-electron chi connectivity index (χ2n) is 4.07. The monoisotopic (exact) mass is 229 g/mol. The van der Waals surface area contributed by atoms with Crippen LogP contribution >= 0.6 is 12.4 Å². The maximum Gasteiger partial charge on any atom is 0.0820 e. The van der Waals surface area contributed by atoms with Crippen molar-refractivity contribution in [3.05, 3.63) is 35.9 Å². The Labute approximate surface area is 95.3 Å². The van der Waals surface area contributed by atoms with E-state index in [1.807, 2.05) is 30.3 Å². The molecule has 0 heterocycles. The van der Waals surface area contributed by atoms with Gasteiger partial charge in [0.2, 0.25) is 0 Å². The second-order valence-corrected chi connectivity index (χ2v) is 4.07. The third kappa shape index (κ3) is 2.32. The Bertz CT molecular complexity index is 308. The fourth-order valence-electron chi connectivity index (χ4n) is 2.11. The summed E-state index contributed by atoms with van der Waals surface area (Å²) in [5, 5.41) is 18.9. The van der Waals surface area contributed by atoms with Gasteiger partial charge in [-0.2, -0.15) is 0 Å². The molecule has 0 aromatic heterocycles. The molecule has 1 aliphatic rings. The molecule has 0 saturated heterocycles. The topological polar surface area (TPSA) is 66.5 Å². The van der Waals surface area contributed by atoms with Gasteiger partial charge in [0.05, 0.1) is 12.2 Å². The normalized spacial score (nSPS) is 34.9. The van der Waals surface area contributed by atoms with Crippen molar-refractivity contribution in [2.24, 2.45) is 5.73 Å². The first-order chi connectivity index (χ1) is 6.62. The Morgan fingerprint density at radius 2 is 1.53 bits per heavy atom. The van der Waals surface area contributed by atoms with E-state index in [0.717, 1.165) is 5.56 Å². The molecule has 1 aliphatic carbocycles. The molecular weight excluding hydrogens is 214 g/mol. The molecule has 1 aromatic rings. The van der Waals surface area contributed by atoms with Gasteiger partial charge in [0, 0.05) is 5.54 Å². The largest absolute Gasteiger partial charge is 0.390 e. The van der Waals surface area contributed by atoms with Crippen LogP contribution in [0.3, 0.4) is 0 Å². The molecule has 0 amide bonds. The first-order valence-electron chi connectivity index (χ1n) is 4.82. The van der Waals surface area contributed by atoms with Crippen LogP contribution in [0, 0.1) is 0 Å². The van der Waals surface area contributed by atoms with E-state index in [2.05, 4.69) is 0 Å². The van der Waals surface area contributed by atoms with Crippen molar-refractivity contribution in [2.75, 3.05) is 0 Å². The highest BCUT2D eigenvalue weighted by atomic mass is 35.5. The molecule has 0 spiro atoms. The molecule has 2 rings (SSSR count). The van der Waals surface area contributed by atoms with Gasteiger partial charge in [0.25, 0.3) is 0 Å². The van der Waals surface area contributed by atoms with Gasteiger partial charge in [-0.15, -0.1) is 12.4 Å². The lowest BCUT2D eigenvalue weighted by atomic mass is 9.89. The first-order valence-corrected chi connectivity index (χ1v) is 4.82. The van der Waals surface area contributed by atoms with Gasteiger partial charge in [-0.3, -0.25) is 0 Å². The average molecular weight is 230 g/mol. The predicted molar refractivity (Wildman–Crippen MR) is 60.8 cm³/mol. The number of hydrogen-bond acceptors (Lipinski definition) is 3. The van der Waals surface area contributed by atoms with Crippen molar-refractivity contribution in [1.29, 1.82) is 0 Å². The van der Waals surface area contributed by atoms with Gasteiger partial charge in [0.1, 0.15) is 0 Å². The van der Waals surface area contributed by atoms with E-state index < -0.39 is 17.7 Å². The summed E-state index contributed by atoms with van der Waals surface area (Å²) in [5.41, 5.74) is 6.55.